The third-order valence-electron chi connectivity index (χ3n) is 7.69. The van der Waals surface area contributed by atoms with Crippen molar-refractivity contribution in [1.29, 1.82) is 0 Å². The van der Waals surface area contributed by atoms with Crippen molar-refractivity contribution >= 4 is 22.5 Å². The smallest absolute Gasteiger partial charge is 0.133 e. The predicted molar refractivity (Wildman–Crippen MR) is 151 cm³/mol. The second-order valence-electron chi connectivity index (χ2n) is 11.5. The molecular formula is C33H36OS. The van der Waals surface area contributed by atoms with Crippen LogP contribution in [0.4, 0.5) is 0 Å². The summed E-state index contributed by atoms with van der Waals surface area (Å²) in [6, 6.07) is 24.8. The standard InChI is InChI=1S/C33H36OS/c1-21-11-10-12-22(2)31(21)35-29-20-25-23(19-28(29)34-7)15-16-27-30(25)24-13-8-9-14-26(24)33(27,6)18-17-32(3,4)5/h8-16,19-20H,17-18H2,1-7H3. The minimum Gasteiger partial charge on any atom is -0.496 e. The number of benzene rings is 4. The highest BCUT2D eigenvalue weighted by atomic mass is 32.2. The van der Waals surface area contributed by atoms with Gasteiger partial charge in [-0.05, 0) is 88.4 Å². The van der Waals surface area contributed by atoms with Crippen molar-refractivity contribution in [3.63, 3.8) is 0 Å². The van der Waals surface area contributed by atoms with Crippen LogP contribution < -0.4 is 4.74 Å². The molecule has 1 unspecified atom stereocenters. The number of methoxy groups -OCH3 is 1. The summed E-state index contributed by atoms with van der Waals surface area (Å²) in [5.41, 5.74) is 8.65. The van der Waals surface area contributed by atoms with E-state index in [0.717, 1.165) is 12.2 Å². The lowest BCUT2D eigenvalue weighted by Gasteiger charge is -2.31. The third-order valence-corrected chi connectivity index (χ3v) is 9.07. The fraction of sp³-hybridized carbons (Fsp3) is 0.333. The third kappa shape index (κ3) is 4.16. The van der Waals surface area contributed by atoms with E-state index in [-0.39, 0.29) is 5.41 Å². The Kier molecular flexibility index (Phi) is 6.00. The van der Waals surface area contributed by atoms with Crippen LogP contribution in [0.15, 0.2) is 76.5 Å². The van der Waals surface area contributed by atoms with E-state index in [1.165, 1.54) is 60.4 Å². The summed E-state index contributed by atoms with van der Waals surface area (Å²) in [7, 11) is 1.78. The van der Waals surface area contributed by atoms with Gasteiger partial charge in [0.15, 0.2) is 0 Å². The van der Waals surface area contributed by atoms with Crippen LogP contribution >= 0.6 is 11.8 Å². The van der Waals surface area contributed by atoms with Crippen LogP contribution in [0.3, 0.4) is 0 Å². The fourth-order valence-corrected chi connectivity index (χ4v) is 6.71. The Balaban J connectivity index is 1.72. The van der Waals surface area contributed by atoms with Crippen LogP contribution in [-0.2, 0) is 5.41 Å². The highest BCUT2D eigenvalue weighted by molar-refractivity contribution is 7.99. The number of hydrogen-bond acceptors (Lipinski definition) is 2. The highest BCUT2D eigenvalue weighted by Gasteiger charge is 2.40. The normalized spacial score (nSPS) is 16.9. The van der Waals surface area contributed by atoms with Gasteiger partial charge < -0.3 is 4.74 Å². The Bertz CT molecular complexity index is 1410. The van der Waals surface area contributed by atoms with Crippen molar-refractivity contribution in [2.24, 2.45) is 5.41 Å². The summed E-state index contributed by atoms with van der Waals surface area (Å²) in [6.45, 7) is 13.9. The fourth-order valence-electron chi connectivity index (χ4n) is 5.61. The van der Waals surface area contributed by atoms with E-state index in [2.05, 4.69) is 108 Å². The van der Waals surface area contributed by atoms with Gasteiger partial charge in [0.05, 0.1) is 12.0 Å². The molecule has 0 radical (unpaired) electrons. The molecular weight excluding hydrogens is 444 g/mol. The van der Waals surface area contributed by atoms with Gasteiger partial charge in [-0.3, -0.25) is 0 Å². The summed E-state index contributed by atoms with van der Waals surface area (Å²) in [5.74, 6) is 0.937. The average Bonchev–Trinajstić information content (AvgIpc) is 3.08. The van der Waals surface area contributed by atoms with Gasteiger partial charge in [0.25, 0.3) is 0 Å². The second kappa shape index (κ2) is 8.75. The maximum atomic E-state index is 5.89. The Hall–Kier alpha value is -2.71. The zero-order valence-corrected chi connectivity index (χ0v) is 22.9. The van der Waals surface area contributed by atoms with E-state index >= 15 is 0 Å². The first-order valence-corrected chi connectivity index (χ1v) is 13.4. The zero-order chi connectivity index (χ0) is 25.0. The first-order chi connectivity index (χ1) is 16.6. The molecule has 0 amide bonds. The second-order valence-corrected chi connectivity index (χ2v) is 12.5. The van der Waals surface area contributed by atoms with Gasteiger partial charge in [-0.2, -0.15) is 0 Å². The quantitative estimate of drug-likeness (QED) is 0.281. The van der Waals surface area contributed by atoms with Gasteiger partial charge in [-0.25, -0.2) is 0 Å². The molecule has 1 aliphatic rings. The molecule has 1 nitrogen and oxygen atoms in total. The number of fused-ring (bicyclic) bond motifs is 5. The molecule has 4 aromatic rings. The minimum atomic E-state index is 0.0211. The Labute approximate surface area is 214 Å². The van der Waals surface area contributed by atoms with Gasteiger partial charge in [0, 0.05) is 10.3 Å². The van der Waals surface area contributed by atoms with E-state index < -0.39 is 0 Å². The van der Waals surface area contributed by atoms with Crippen molar-refractivity contribution in [2.45, 2.75) is 69.6 Å². The molecule has 180 valence electrons. The van der Waals surface area contributed by atoms with Gasteiger partial charge in [0.2, 0.25) is 0 Å². The van der Waals surface area contributed by atoms with E-state index in [1.807, 2.05) is 11.8 Å². The van der Waals surface area contributed by atoms with Crippen LogP contribution in [0.25, 0.3) is 21.9 Å². The maximum absolute atomic E-state index is 5.89. The molecule has 35 heavy (non-hydrogen) atoms. The number of rotatable bonds is 5. The molecule has 0 aliphatic heterocycles. The van der Waals surface area contributed by atoms with Crippen molar-refractivity contribution in [3.8, 4) is 16.9 Å². The Morgan fingerprint density at radius 3 is 2.26 bits per heavy atom. The monoisotopic (exact) mass is 480 g/mol. The van der Waals surface area contributed by atoms with Crippen LogP contribution in [0.1, 0.15) is 62.8 Å². The van der Waals surface area contributed by atoms with E-state index in [1.54, 1.807) is 7.11 Å². The molecule has 5 rings (SSSR count). The number of hydrogen-bond donors (Lipinski definition) is 0. The Morgan fingerprint density at radius 2 is 1.57 bits per heavy atom. The highest BCUT2D eigenvalue weighted by Crippen LogP contribution is 2.55. The molecule has 0 saturated heterocycles. The van der Waals surface area contributed by atoms with E-state index in [9.17, 15) is 0 Å². The molecule has 1 atom stereocenters. The molecule has 2 heteroatoms. The molecule has 0 bridgehead atoms. The summed E-state index contributed by atoms with van der Waals surface area (Å²) in [4.78, 5) is 2.49. The lowest BCUT2D eigenvalue weighted by atomic mass is 9.73. The SMILES string of the molecule is COc1cc2ccc3c(c2cc1Sc1c(C)cccc1C)-c1ccccc1C3(C)CCC(C)(C)C. The lowest BCUT2D eigenvalue weighted by Crippen LogP contribution is -2.23. The van der Waals surface area contributed by atoms with Gasteiger partial charge in [0.1, 0.15) is 5.75 Å². The topological polar surface area (TPSA) is 9.23 Å². The van der Waals surface area contributed by atoms with Crippen LogP contribution in [-0.4, -0.2) is 7.11 Å². The molecule has 0 heterocycles. The predicted octanol–water partition coefficient (Wildman–Crippen LogP) is 9.73. The molecule has 0 spiro atoms. The van der Waals surface area contributed by atoms with Crippen LogP contribution in [0, 0.1) is 19.3 Å². The zero-order valence-electron chi connectivity index (χ0n) is 22.1. The van der Waals surface area contributed by atoms with Crippen LogP contribution in [0.5, 0.6) is 5.75 Å². The minimum absolute atomic E-state index is 0.0211. The number of ether oxygens (including phenoxy) is 1. The molecule has 0 aromatic heterocycles. The van der Waals surface area contributed by atoms with Gasteiger partial charge in [-0.1, -0.05) is 94.1 Å². The van der Waals surface area contributed by atoms with Gasteiger partial charge in [-0.15, -0.1) is 0 Å². The number of aryl methyl sites for hydroxylation is 2. The van der Waals surface area contributed by atoms with E-state index in [4.69, 9.17) is 4.74 Å². The first-order valence-electron chi connectivity index (χ1n) is 12.6. The average molecular weight is 481 g/mol. The van der Waals surface area contributed by atoms with Crippen molar-refractivity contribution < 1.29 is 4.74 Å². The summed E-state index contributed by atoms with van der Waals surface area (Å²) < 4.78 is 5.89. The molecule has 1 aliphatic carbocycles. The van der Waals surface area contributed by atoms with Crippen LogP contribution in [0.2, 0.25) is 0 Å². The molecule has 0 N–H and O–H groups in total. The first kappa shape index (κ1) is 24.0. The van der Waals surface area contributed by atoms with Crippen molar-refractivity contribution in [3.05, 3.63) is 89.0 Å². The summed E-state index contributed by atoms with van der Waals surface area (Å²) in [5, 5.41) is 2.56. The van der Waals surface area contributed by atoms with Gasteiger partial charge >= 0.3 is 0 Å². The largest absolute Gasteiger partial charge is 0.496 e. The van der Waals surface area contributed by atoms with E-state index in [0.29, 0.717) is 5.41 Å². The maximum Gasteiger partial charge on any atom is 0.133 e. The molecule has 4 aromatic carbocycles. The summed E-state index contributed by atoms with van der Waals surface area (Å²) in [6.07, 6.45) is 2.33. The van der Waals surface area contributed by atoms with Crippen molar-refractivity contribution in [1.82, 2.24) is 0 Å². The lowest BCUT2D eigenvalue weighted by molar-refractivity contribution is 0.328. The summed E-state index contributed by atoms with van der Waals surface area (Å²) >= 11 is 1.82. The Morgan fingerprint density at radius 1 is 0.857 bits per heavy atom. The molecule has 0 fully saturated rings. The molecule has 0 saturated carbocycles. The van der Waals surface area contributed by atoms with Crippen molar-refractivity contribution in [2.75, 3.05) is 7.11 Å².